The molecule has 0 fully saturated rings. The van der Waals surface area contributed by atoms with Gasteiger partial charge in [0.1, 0.15) is 23.9 Å². The van der Waals surface area contributed by atoms with Crippen LogP contribution in [0.3, 0.4) is 0 Å². The van der Waals surface area contributed by atoms with Gasteiger partial charge in [-0.05, 0) is 68.1 Å². The second-order valence-corrected chi connectivity index (χ2v) is 9.50. The number of furan rings is 1. The fourth-order valence-corrected chi connectivity index (χ4v) is 4.14. The standard InChI is InChI=1S/C28H29ClFN3O3/c1-16(2)22-13-23(29)17(3)12-26(22)35-15-21-10-11-25(36-21)28(34)31-27-18(4)32-33(19(27)5)14-20-8-6-7-9-24(20)30/h6-13,16H,14-15H2,1-5H3,(H,31,34). The lowest BCUT2D eigenvalue weighted by Crippen LogP contribution is -2.12. The summed E-state index contributed by atoms with van der Waals surface area (Å²) in [5.74, 6) is 0.958. The molecule has 188 valence electrons. The number of anilines is 1. The molecule has 0 aliphatic carbocycles. The number of nitrogens with one attached hydrogen (secondary N) is 1. The number of aromatic nitrogens is 2. The molecule has 1 N–H and O–H groups in total. The van der Waals surface area contributed by atoms with Gasteiger partial charge in [-0.1, -0.05) is 43.6 Å². The molecule has 0 spiro atoms. The van der Waals surface area contributed by atoms with Gasteiger partial charge in [0.15, 0.2) is 5.76 Å². The predicted octanol–water partition coefficient (Wildman–Crippen LogP) is 7.20. The zero-order valence-corrected chi connectivity index (χ0v) is 21.7. The third kappa shape index (κ3) is 5.46. The van der Waals surface area contributed by atoms with E-state index in [4.69, 9.17) is 20.8 Å². The van der Waals surface area contributed by atoms with Gasteiger partial charge in [0, 0.05) is 10.6 Å². The normalized spacial score (nSPS) is 11.2. The summed E-state index contributed by atoms with van der Waals surface area (Å²) >= 11 is 6.28. The number of carbonyl (C=O) groups is 1. The van der Waals surface area contributed by atoms with Crippen LogP contribution in [-0.4, -0.2) is 15.7 Å². The van der Waals surface area contributed by atoms with Crippen LogP contribution in [0, 0.1) is 26.6 Å². The van der Waals surface area contributed by atoms with Crippen LogP contribution >= 0.6 is 11.6 Å². The van der Waals surface area contributed by atoms with Crippen molar-refractivity contribution in [2.45, 2.75) is 53.7 Å². The van der Waals surface area contributed by atoms with Crippen molar-refractivity contribution in [1.82, 2.24) is 9.78 Å². The first-order chi connectivity index (χ1) is 17.1. The number of hydrogen-bond donors (Lipinski definition) is 1. The molecule has 0 unspecified atom stereocenters. The Morgan fingerprint density at radius 3 is 2.64 bits per heavy atom. The molecule has 2 heterocycles. The first-order valence-corrected chi connectivity index (χ1v) is 12.1. The van der Waals surface area contributed by atoms with E-state index in [0.29, 0.717) is 27.7 Å². The number of amides is 1. The summed E-state index contributed by atoms with van der Waals surface area (Å²) in [6, 6.07) is 13.7. The lowest BCUT2D eigenvalue weighted by molar-refractivity contribution is 0.0992. The lowest BCUT2D eigenvalue weighted by atomic mass is 10.0. The minimum absolute atomic E-state index is 0.158. The van der Waals surface area contributed by atoms with Crippen LogP contribution in [0.4, 0.5) is 10.1 Å². The molecule has 0 saturated carbocycles. The summed E-state index contributed by atoms with van der Waals surface area (Å²) in [6.07, 6.45) is 0. The zero-order chi connectivity index (χ0) is 26.0. The Morgan fingerprint density at radius 2 is 1.92 bits per heavy atom. The summed E-state index contributed by atoms with van der Waals surface area (Å²) in [5, 5.41) is 8.05. The maximum absolute atomic E-state index is 14.1. The summed E-state index contributed by atoms with van der Waals surface area (Å²) in [7, 11) is 0. The van der Waals surface area contributed by atoms with E-state index in [1.54, 1.807) is 41.9 Å². The average Bonchev–Trinajstić information content (AvgIpc) is 3.41. The summed E-state index contributed by atoms with van der Waals surface area (Å²) < 4.78 is 27.5. The monoisotopic (exact) mass is 509 g/mol. The molecule has 0 radical (unpaired) electrons. The van der Waals surface area contributed by atoms with E-state index in [9.17, 15) is 9.18 Å². The number of carbonyl (C=O) groups excluding carboxylic acids is 1. The van der Waals surface area contributed by atoms with Crippen molar-refractivity contribution < 1.29 is 18.3 Å². The van der Waals surface area contributed by atoms with Crippen LogP contribution in [-0.2, 0) is 13.2 Å². The Bertz CT molecular complexity index is 1410. The Morgan fingerprint density at radius 1 is 1.17 bits per heavy atom. The molecule has 1 amide bonds. The summed E-state index contributed by atoms with van der Waals surface area (Å²) in [4.78, 5) is 12.9. The quantitative estimate of drug-likeness (QED) is 0.273. The second-order valence-electron chi connectivity index (χ2n) is 9.10. The van der Waals surface area contributed by atoms with Crippen molar-refractivity contribution in [3.63, 3.8) is 0 Å². The highest BCUT2D eigenvalue weighted by Crippen LogP contribution is 2.32. The van der Waals surface area contributed by atoms with Gasteiger partial charge < -0.3 is 14.5 Å². The number of hydrogen-bond acceptors (Lipinski definition) is 4. The molecular formula is C28H29ClFN3O3. The highest BCUT2D eigenvalue weighted by atomic mass is 35.5. The number of benzene rings is 2. The topological polar surface area (TPSA) is 69.3 Å². The number of halogens is 2. The van der Waals surface area contributed by atoms with E-state index in [1.807, 2.05) is 26.0 Å². The van der Waals surface area contributed by atoms with Crippen LogP contribution in [0.5, 0.6) is 5.75 Å². The minimum Gasteiger partial charge on any atom is -0.485 e. The maximum atomic E-state index is 14.1. The second kappa shape index (κ2) is 10.6. The largest absolute Gasteiger partial charge is 0.485 e. The van der Waals surface area contributed by atoms with Crippen LogP contribution in [0.15, 0.2) is 52.9 Å². The fraction of sp³-hybridized carbons (Fsp3) is 0.286. The highest BCUT2D eigenvalue weighted by molar-refractivity contribution is 6.31. The molecule has 36 heavy (non-hydrogen) atoms. The molecule has 6 nitrogen and oxygen atoms in total. The van der Waals surface area contributed by atoms with Gasteiger partial charge in [-0.3, -0.25) is 9.48 Å². The van der Waals surface area contributed by atoms with Crippen LogP contribution in [0.25, 0.3) is 0 Å². The van der Waals surface area contributed by atoms with Crippen molar-refractivity contribution in [2.24, 2.45) is 0 Å². The van der Waals surface area contributed by atoms with Gasteiger partial charge in [0.05, 0.1) is 23.6 Å². The molecule has 0 bridgehead atoms. The number of nitrogens with zero attached hydrogens (tertiary/aromatic N) is 2. The van der Waals surface area contributed by atoms with E-state index < -0.39 is 5.91 Å². The summed E-state index contributed by atoms with van der Waals surface area (Å²) in [6.45, 7) is 10.1. The Labute approximate surface area is 215 Å². The molecule has 4 rings (SSSR count). The first-order valence-electron chi connectivity index (χ1n) is 11.7. The third-order valence-corrected chi connectivity index (χ3v) is 6.47. The predicted molar refractivity (Wildman–Crippen MR) is 138 cm³/mol. The molecule has 0 aliphatic heterocycles. The Balaban J connectivity index is 1.45. The highest BCUT2D eigenvalue weighted by Gasteiger charge is 2.19. The fourth-order valence-electron chi connectivity index (χ4n) is 3.97. The van der Waals surface area contributed by atoms with Gasteiger partial charge >= 0.3 is 0 Å². The maximum Gasteiger partial charge on any atom is 0.291 e. The lowest BCUT2D eigenvalue weighted by Gasteiger charge is -2.15. The molecule has 8 heteroatoms. The van der Waals surface area contributed by atoms with E-state index in [2.05, 4.69) is 24.3 Å². The molecule has 2 aromatic heterocycles. The van der Waals surface area contributed by atoms with Gasteiger partial charge in [0.2, 0.25) is 0 Å². The SMILES string of the molecule is Cc1cc(OCc2ccc(C(=O)Nc3c(C)nn(Cc4ccccc4F)c3C)o2)c(C(C)C)cc1Cl. The van der Waals surface area contributed by atoms with Crippen molar-refractivity contribution in [3.05, 3.63) is 99.0 Å². The van der Waals surface area contributed by atoms with E-state index in [1.165, 1.54) is 6.07 Å². The van der Waals surface area contributed by atoms with Crippen molar-refractivity contribution in [3.8, 4) is 5.75 Å². The van der Waals surface area contributed by atoms with E-state index in [-0.39, 0.29) is 30.6 Å². The number of ether oxygens (including phenoxy) is 1. The van der Waals surface area contributed by atoms with Crippen LogP contribution < -0.4 is 10.1 Å². The van der Waals surface area contributed by atoms with Crippen molar-refractivity contribution >= 4 is 23.2 Å². The van der Waals surface area contributed by atoms with E-state index in [0.717, 1.165) is 22.6 Å². The van der Waals surface area contributed by atoms with Gasteiger partial charge in [-0.2, -0.15) is 5.10 Å². The zero-order valence-electron chi connectivity index (χ0n) is 21.0. The Kier molecular flexibility index (Phi) is 7.50. The minimum atomic E-state index is -0.400. The average molecular weight is 510 g/mol. The molecule has 4 aromatic rings. The summed E-state index contributed by atoms with van der Waals surface area (Å²) in [5.41, 5.74) is 4.38. The van der Waals surface area contributed by atoms with Crippen molar-refractivity contribution in [1.29, 1.82) is 0 Å². The van der Waals surface area contributed by atoms with Gasteiger partial charge in [-0.15, -0.1) is 0 Å². The first kappa shape index (κ1) is 25.5. The van der Waals surface area contributed by atoms with Gasteiger partial charge in [0.25, 0.3) is 5.91 Å². The van der Waals surface area contributed by atoms with Crippen molar-refractivity contribution in [2.75, 3.05) is 5.32 Å². The molecule has 0 aliphatic rings. The smallest absolute Gasteiger partial charge is 0.291 e. The molecule has 2 aromatic carbocycles. The number of rotatable bonds is 8. The molecule has 0 saturated heterocycles. The third-order valence-electron chi connectivity index (χ3n) is 6.07. The van der Waals surface area contributed by atoms with Crippen LogP contribution in [0.1, 0.15) is 64.2 Å². The number of aryl methyl sites for hydroxylation is 2. The molecule has 0 atom stereocenters. The van der Waals surface area contributed by atoms with Crippen LogP contribution in [0.2, 0.25) is 5.02 Å². The molecular weight excluding hydrogens is 481 g/mol. The van der Waals surface area contributed by atoms with Gasteiger partial charge in [-0.25, -0.2) is 4.39 Å². The van der Waals surface area contributed by atoms with E-state index >= 15 is 0 Å². The Hall–Kier alpha value is -3.58.